The number of nitrogens with zero attached hydrogens (tertiary/aromatic N) is 1. The molecule has 2 amide bonds. The number of para-hydroxylation sites is 1. The van der Waals surface area contributed by atoms with Gasteiger partial charge in [-0.25, -0.2) is 0 Å². The van der Waals surface area contributed by atoms with Crippen molar-refractivity contribution in [3.63, 3.8) is 0 Å². The average molecular weight is 389 g/mol. The highest BCUT2D eigenvalue weighted by molar-refractivity contribution is 9.10. The Hall–Kier alpha value is -2.14. The van der Waals surface area contributed by atoms with E-state index in [0.29, 0.717) is 12.2 Å². The second-order valence-electron chi connectivity index (χ2n) is 5.97. The van der Waals surface area contributed by atoms with Crippen LogP contribution in [0.25, 0.3) is 0 Å². The van der Waals surface area contributed by atoms with E-state index in [2.05, 4.69) is 21.2 Å². The SMILES string of the molecule is CCN(C(=O)C(C)(C)C(=O)Nc1ccc(Br)cc1)c1ccccc1. The summed E-state index contributed by atoms with van der Waals surface area (Å²) in [5, 5.41) is 2.81. The molecule has 0 aromatic heterocycles. The van der Waals surface area contributed by atoms with E-state index in [0.717, 1.165) is 10.2 Å². The van der Waals surface area contributed by atoms with E-state index >= 15 is 0 Å². The van der Waals surface area contributed by atoms with Crippen LogP contribution < -0.4 is 10.2 Å². The Kier molecular flexibility index (Phi) is 5.78. The van der Waals surface area contributed by atoms with Crippen molar-refractivity contribution in [1.82, 2.24) is 0 Å². The number of benzene rings is 2. The first-order valence-corrected chi connectivity index (χ1v) is 8.59. The minimum Gasteiger partial charge on any atom is -0.325 e. The molecule has 0 spiro atoms. The van der Waals surface area contributed by atoms with Crippen molar-refractivity contribution < 1.29 is 9.59 Å². The first-order valence-electron chi connectivity index (χ1n) is 7.80. The number of halogens is 1. The summed E-state index contributed by atoms with van der Waals surface area (Å²) < 4.78 is 0.928. The van der Waals surface area contributed by atoms with Crippen molar-refractivity contribution in [3.05, 3.63) is 59.1 Å². The zero-order valence-corrected chi connectivity index (χ0v) is 15.6. The van der Waals surface area contributed by atoms with Gasteiger partial charge in [0.15, 0.2) is 0 Å². The maximum absolute atomic E-state index is 12.9. The van der Waals surface area contributed by atoms with E-state index in [1.807, 2.05) is 49.4 Å². The number of hydrogen-bond donors (Lipinski definition) is 1. The molecule has 2 rings (SSSR count). The molecule has 0 unspecified atom stereocenters. The van der Waals surface area contributed by atoms with Gasteiger partial charge >= 0.3 is 0 Å². The largest absolute Gasteiger partial charge is 0.325 e. The van der Waals surface area contributed by atoms with Crippen LogP contribution >= 0.6 is 15.9 Å². The summed E-state index contributed by atoms with van der Waals surface area (Å²) in [6, 6.07) is 16.6. The fraction of sp³-hybridized carbons (Fsp3) is 0.263. The normalized spacial score (nSPS) is 11.0. The fourth-order valence-electron chi connectivity index (χ4n) is 2.31. The van der Waals surface area contributed by atoms with Crippen molar-refractivity contribution in [3.8, 4) is 0 Å². The van der Waals surface area contributed by atoms with E-state index in [-0.39, 0.29) is 11.8 Å². The Balaban J connectivity index is 2.19. The van der Waals surface area contributed by atoms with Crippen molar-refractivity contribution in [2.45, 2.75) is 20.8 Å². The molecule has 0 radical (unpaired) electrons. The van der Waals surface area contributed by atoms with Crippen LogP contribution in [-0.4, -0.2) is 18.4 Å². The summed E-state index contributed by atoms with van der Waals surface area (Å²) in [6.45, 7) is 5.69. The molecule has 0 aliphatic heterocycles. The monoisotopic (exact) mass is 388 g/mol. The van der Waals surface area contributed by atoms with Gasteiger partial charge in [-0.3, -0.25) is 9.59 Å². The molecule has 0 fully saturated rings. The zero-order chi connectivity index (χ0) is 17.7. The van der Waals surface area contributed by atoms with Gasteiger partial charge in [0, 0.05) is 22.4 Å². The van der Waals surface area contributed by atoms with Gasteiger partial charge in [0.1, 0.15) is 5.41 Å². The minimum atomic E-state index is -1.18. The van der Waals surface area contributed by atoms with E-state index < -0.39 is 5.41 Å². The number of hydrogen-bond acceptors (Lipinski definition) is 2. The van der Waals surface area contributed by atoms with Gasteiger partial charge < -0.3 is 10.2 Å². The summed E-state index contributed by atoms with van der Waals surface area (Å²) in [4.78, 5) is 27.2. The fourth-order valence-corrected chi connectivity index (χ4v) is 2.57. The number of rotatable bonds is 5. The molecule has 0 aliphatic carbocycles. The van der Waals surface area contributed by atoms with Crippen LogP contribution in [-0.2, 0) is 9.59 Å². The van der Waals surface area contributed by atoms with Crippen molar-refractivity contribution in [1.29, 1.82) is 0 Å². The molecule has 4 nitrogen and oxygen atoms in total. The van der Waals surface area contributed by atoms with Gasteiger partial charge in [0.2, 0.25) is 11.8 Å². The Morgan fingerprint density at radius 2 is 1.62 bits per heavy atom. The maximum Gasteiger partial charge on any atom is 0.242 e. The second-order valence-corrected chi connectivity index (χ2v) is 6.89. The highest BCUT2D eigenvalue weighted by Gasteiger charge is 2.39. The van der Waals surface area contributed by atoms with E-state index in [4.69, 9.17) is 0 Å². The predicted molar refractivity (Wildman–Crippen MR) is 101 cm³/mol. The molecule has 0 atom stereocenters. The lowest BCUT2D eigenvalue weighted by Crippen LogP contribution is -2.47. The quantitative estimate of drug-likeness (QED) is 0.768. The number of amides is 2. The third-order valence-electron chi connectivity index (χ3n) is 3.83. The van der Waals surface area contributed by atoms with E-state index in [1.165, 1.54) is 0 Å². The lowest BCUT2D eigenvalue weighted by Gasteiger charge is -2.30. The van der Waals surface area contributed by atoms with Gasteiger partial charge in [-0.15, -0.1) is 0 Å². The first kappa shape index (κ1) is 18.2. The Labute approximate surface area is 151 Å². The number of carbonyl (C=O) groups excluding carboxylic acids is 2. The summed E-state index contributed by atoms with van der Waals surface area (Å²) in [5.74, 6) is -0.560. The van der Waals surface area contributed by atoms with Crippen LogP contribution in [0.2, 0.25) is 0 Å². The molecule has 1 N–H and O–H groups in total. The third-order valence-corrected chi connectivity index (χ3v) is 4.36. The van der Waals surface area contributed by atoms with Crippen molar-refractivity contribution in [2.75, 3.05) is 16.8 Å². The molecule has 0 saturated carbocycles. The molecule has 24 heavy (non-hydrogen) atoms. The van der Waals surface area contributed by atoms with E-state index in [9.17, 15) is 9.59 Å². The highest BCUT2D eigenvalue weighted by atomic mass is 79.9. The lowest BCUT2D eigenvalue weighted by atomic mass is 9.89. The molecule has 0 bridgehead atoms. The predicted octanol–water partition coefficient (Wildman–Crippen LogP) is 4.47. The Morgan fingerprint density at radius 3 is 2.17 bits per heavy atom. The topological polar surface area (TPSA) is 49.4 Å². The smallest absolute Gasteiger partial charge is 0.242 e. The van der Waals surface area contributed by atoms with E-state index in [1.54, 1.807) is 30.9 Å². The molecule has 5 heteroatoms. The first-order chi connectivity index (χ1) is 11.4. The third kappa shape index (κ3) is 4.03. The molecule has 2 aromatic carbocycles. The molecule has 0 heterocycles. The van der Waals surface area contributed by atoms with Crippen LogP contribution in [0, 0.1) is 5.41 Å². The van der Waals surface area contributed by atoms with Gasteiger partial charge in [-0.2, -0.15) is 0 Å². The van der Waals surface area contributed by atoms with Crippen molar-refractivity contribution in [2.24, 2.45) is 5.41 Å². The lowest BCUT2D eigenvalue weighted by molar-refractivity contribution is -0.136. The number of nitrogens with one attached hydrogen (secondary N) is 1. The molecule has 0 aliphatic rings. The van der Waals surface area contributed by atoms with Crippen LogP contribution in [0.15, 0.2) is 59.1 Å². The second kappa shape index (κ2) is 7.62. The molecular formula is C19H21BrN2O2. The molecular weight excluding hydrogens is 368 g/mol. The van der Waals surface area contributed by atoms with Crippen LogP contribution in [0.5, 0.6) is 0 Å². The Bertz CT molecular complexity index is 712. The average Bonchev–Trinajstić information content (AvgIpc) is 2.58. The van der Waals surface area contributed by atoms with Crippen molar-refractivity contribution >= 4 is 39.1 Å². The molecule has 2 aromatic rings. The van der Waals surface area contributed by atoms with Gasteiger partial charge in [-0.1, -0.05) is 34.1 Å². The van der Waals surface area contributed by atoms with Gasteiger partial charge in [0.25, 0.3) is 0 Å². The summed E-state index contributed by atoms with van der Waals surface area (Å²) in [5.41, 5.74) is 0.264. The standard InChI is InChI=1S/C19H21BrN2O2/c1-4-22(16-8-6-5-7-9-16)18(24)19(2,3)17(23)21-15-12-10-14(20)11-13-15/h5-13H,4H2,1-3H3,(H,21,23). The highest BCUT2D eigenvalue weighted by Crippen LogP contribution is 2.26. The minimum absolute atomic E-state index is 0.231. The molecule has 126 valence electrons. The van der Waals surface area contributed by atoms with Gasteiger partial charge in [0.05, 0.1) is 0 Å². The maximum atomic E-state index is 12.9. The van der Waals surface area contributed by atoms with Crippen LogP contribution in [0.4, 0.5) is 11.4 Å². The number of carbonyl (C=O) groups is 2. The number of anilines is 2. The summed E-state index contributed by atoms with van der Waals surface area (Å²) >= 11 is 3.36. The molecule has 0 saturated heterocycles. The zero-order valence-electron chi connectivity index (χ0n) is 14.0. The summed E-state index contributed by atoms with van der Waals surface area (Å²) in [7, 11) is 0. The van der Waals surface area contributed by atoms with Gasteiger partial charge in [-0.05, 0) is 57.2 Å². The Morgan fingerprint density at radius 1 is 1.04 bits per heavy atom. The summed E-state index contributed by atoms with van der Waals surface area (Å²) in [6.07, 6.45) is 0. The van der Waals surface area contributed by atoms with Crippen LogP contribution in [0.3, 0.4) is 0 Å². The van der Waals surface area contributed by atoms with Crippen LogP contribution in [0.1, 0.15) is 20.8 Å².